The van der Waals surface area contributed by atoms with Gasteiger partial charge in [-0.2, -0.15) is 0 Å². The van der Waals surface area contributed by atoms with E-state index in [1.54, 1.807) is 11.3 Å². The van der Waals surface area contributed by atoms with Gasteiger partial charge in [0.1, 0.15) is 10.0 Å². The highest BCUT2D eigenvalue weighted by Gasteiger charge is 2.04. The lowest BCUT2D eigenvalue weighted by Crippen LogP contribution is -1.99. The van der Waals surface area contributed by atoms with Gasteiger partial charge in [0.2, 0.25) is 0 Å². The van der Waals surface area contributed by atoms with Crippen LogP contribution in [0.5, 0.6) is 0 Å². The first kappa shape index (κ1) is 10.5. The monoisotopic (exact) mass is 238 g/mol. The van der Waals surface area contributed by atoms with Crippen molar-refractivity contribution in [2.75, 3.05) is 0 Å². The number of aromatic nitrogens is 3. The second-order valence-electron chi connectivity index (χ2n) is 2.86. The fraction of sp³-hybridized carbons (Fsp3) is 0.222. The predicted octanol–water partition coefficient (Wildman–Crippen LogP) is 1.85. The summed E-state index contributed by atoms with van der Waals surface area (Å²) in [6.07, 6.45) is 0. The van der Waals surface area contributed by atoms with Gasteiger partial charge >= 0.3 is 0 Å². The maximum atomic E-state index is 5.52. The standard InChI is InChI=1S/C9H10N4S2/c1-6-12-13-9(14-6)15-8-4-2-3-7(5-10)11-8/h2-4H,5,10H2,1H3. The first-order chi connectivity index (χ1) is 7.28. The summed E-state index contributed by atoms with van der Waals surface area (Å²) in [5.41, 5.74) is 6.41. The molecule has 0 aliphatic carbocycles. The van der Waals surface area contributed by atoms with Gasteiger partial charge in [0, 0.05) is 6.54 Å². The number of aryl methyl sites for hydroxylation is 1. The fourth-order valence-electron chi connectivity index (χ4n) is 1.04. The van der Waals surface area contributed by atoms with Crippen LogP contribution in [-0.2, 0) is 6.54 Å². The Labute approximate surface area is 95.9 Å². The van der Waals surface area contributed by atoms with E-state index in [1.807, 2.05) is 25.1 Å². The molecule has 0 aromatic carbocycles. The Kier molecular flexibility index (Phi) is 3.30. The van der Waals surface area contributed by atoms with Gasteiger partial charge in [-0.3, -0.25) is 0 Å². The summed E-state index contributed by atoms with van der Waals surface area (Å²) in [4.78, 5) is 4.37. The molecule has 2 heterocycles. The van der Waals surface area contributed by atoms with E-state index in [-0.39, 0.29) is 0 Å². The topological polar surface area (TPSA) is 64.7 Å². The van der Waals surface area contributed by atoms with Crippen molar-refractivity contribution in [1.82, 2.24) is 15.2 Å². The minimum absolute atomic E-state index is 0.462. The van der Waals surface area contributed by atoms with Crippen molar-refractivity contribution in [2.24, 2.45) is 5.73 Å². The van der Waals surface area contributed by atoms with Crippen molar-refractivity contribution in [1.29, 1.82) is 0 Å². The van der Waals surface area contributed by atoms with Gasteiger partial charge in [0.15, 0.2) is 4.34 Å². The Balaban J connectivity index is 2.16. The molecule has 6 heteroatoms. The van der Waals surface area contributed by atoms with Crippen molar-refractivity contribution < 1.29 is 0 Å². The first-order valence-electron chi connectivity index (χ1n) is 4.42. The zero-order chi connectivity index (χ0) is 10.7. The van der Waals surface area contributed by atoms with Gasteiger partial charge in [0.05, 0.1) is 5.69 Å². The molecule has 0 saturated heterocycles. The number of nitrogens with two attached hydrogens (primary N) is 1. The summed E-state index contributed by atoms with van der Waals surface area (Å²) in [6.45, 7) is 2.40. The Bertz CT molecular complexity index is 455. The molecule has 0 bridgehead atoms. The minimum Gasteiger partial charge on any atom is -0.325 e. The summed E-state index contributed by atoms with van der Waals surface area (Å²) in [5.74, 6) is 0. The van der Waals surface area contributed by atoms with E-state index in [4.69, 9.17) is 5.73 Å². The van der Waals surface area contributed by atoms with Crippen molar-refractivity contribution in [2.45, 2.75) is 22.8 Å². The molecule has 0 saturated carbocycles. The average molecular weight is 238 g/mol. The number of nitrogens with zero attached hydrogens (tertiary/aromatic N) is 3. The molecule has 15 heavy (non-hydrogen) atoms. The van der Waals surface area contributed by atoms with E-state index in [1.165, 1.54) is 11.8 Å². The van der Waals surface area contributed by atoms with Crippen LogP contribution in [0.2, 0.25) is 0 Å². The molecule has 4 nitrogen and oxygen atoms in total. The molecule has 0 atom stereocenters. The van der Waals surface area contributed by atoms with E-state index in [2.05, 4.69) is 15.2 Å². The first-order valence-corrected chi connectivity index (χ1v) is 6.05. The molecule has 0 amide bonds. The summed E-state index contributed by atoms with van der Waals surface area (Å²) >= 11 is 3.08. The maximum Gasteiger partial charge on any atom is 0.180 e. The van der Waals surface area contributed by atoms with E-state index in [9.17, 15) is 0 Å². The highest BCUT2D eigenvalue weighted by Crippen LogP contribution is 2.28. The number of pyridine rings is 1. The summed E-state index contributed by atoms with van der Waals surface area (Å²) in [7, 11) is 0. The second-order valence-corrected chi connectivity index (χ2v) is 5.31. The lowest BCUT2D eigenvalue weighted by atomic mass is 10.4. The smallest absolute Gasteiger partial charge is 0.180 e. The van der Waals surface area contributed by atoms with Gasteiger partial charge in [-0.25, -0.2) is 4.98 Å². The molecule has 2 aromatic rings. The Morgan fingerprint density at radius 2 is 2.27 bits per heavy atom. The minimum atomic E-state index is 0.462. The Hall–Kier alpha value is -0.980. The van der Waals surface area contributed by atoms with E-state index in [0.29, 0.717) is 6.54 Å². The normalized spacial score (nSPS) is 10.5. The van der Waals surface area contributed by atoms with Gasteiger partial charge in [-0.15, -0.1) is 10.2 Å². The van der Waals surface area contributed by atoms with Crippen molar-refractivity contribution in [3.63, 3.8) is 0 Å². The van der Waals surface area contributed by atoms with Crippen LogP contribution in [0, 0.1) is 6.92 Å². The van der Waals surface area contributed by atoms with Crippen LogP contribution in [0.15, 0.2) is 27.6 Å². The second kappa shape index (κ2) is 4.69. The summed E-state index contributed by atoms with van der Waals surface area (Å²) in [6, 6.07) is 5.81. The molecule has 0 radical (unpaired) electrons. The lowest BCUT2D eigenvalue weighted by Gasteiger charge is -1.98. The molecule has 2 aromatic heterocycles. The molecule has 0 aliphatic heterocycles. The summed E-state index contributed by atoms with van der Waals surface area (Å²) in [5, 5.41) is 9.85. The van der Waals surface area contributed by atoms with Crippen LogP contribution in [0.4, 0.5) is 0 Å². The van der Waals surface area contributed by atoms with Crippen LogP contribution < -0.4 is 5.73 Å². The quantitative estimate of drug-likeness (QED) is 0.884. The maximum absolute atomic E-state index is 5.52. The highest BCUT2D eigenvalue weighted by atomic mass is 32.2. The van der Waals surface area contributed by atoms with Crippen molar-refractivity contribution >= 4 is 23.1 Å². The van der Waals surface area contributed by atoms with E-state index < -0.39 is 0 Å². The lowest BCUT2D eigenvalue weighted by molar-refractivity contribution is 0.937. The molecule has 2 rings (SSSR count). The third kappa shape index (κ3) is 2.74. The molecule has 0 fully saturated rings. The molecule has 0 unspecified atom stereocenters. The molecular weight excluding hydrogens is 228 g/mol. The third-order valence-corrected chi connectivity index (χ3v) is 3.52. The van der Waals surface area contributed by atoms with Crippen LogP contribution in [0.3, 0.4) is 0 Å². The third-order valence-electron chi connectivity index (χ3n) is 1.69. The predicted molar refractivity (Wildman–Crippen MR) is 60.9 cm³/mol. The van der Waals surface area contributed by atoms with Crippen LogP contribution in [0.1, 0.15) is 10.7 Å². The van der Waals surface area contributed by atoms with Crippen molar-refractivity contribution in [3.05, 3.63) is 28.9 Å². The van der Waals surface area contributed by atoms with Gasteiger partial charge in [0.25, 0.3) is 0 Å². The molecular formula is C9H10N4S2. The average Bonchev–Trinajstić information content (AvgIpc) is 2.64. The summed E-state index contributed by atoms with van der Waals surface area (Å²) < 4.78 is 0.911. The Morgan fingerprint density at radius 3 is 2.93 bits per heavy atom. The SMILES string of the molecule is Cc1nnc(Sc2cccc(CN)n2)s1. The molecule has 78 valence electrons. The zero-order valence-electron chi connectivity index (χ0n) is 8.17. The van der Waals surface area contributed by atoms with Gasteiger partial charge < -0.3 is 5.73 Å². The molecule has 0 spiro atoms. The van der Waals surface area contributed by atoms with Gasteiger partial charge in [-0.1, -0.05) is 17.4 Å². The molecule has 2 N–H and O–H groups in total. The number of hydrogen-bond acceptors (Lipinski definition) is 6. The Morgan fingerprint density at radius 1 is 1.40 bits per heavy atom. The van der Waals surface area contributed by atoms with Gasteiger partial charge in [-0.05, 0) is 30.8 Å². The zero-order valence-corrected chi connectivity index (χ0v) is 9.81. The van der Waals surface area contributed by atoms with Crippen LogP contribution in [-0.4, -0.2) is 15.2 Å². The number of hydrogen-bond donors (Lipinski definition) is 1. The molecule has 0 aliphatic rings. The van der Waals surface area contributed by atoms with E-state index >= 15 is 0 Å². The van der Waals surface area contributed by atoms with Crippen LogP contribution in [0.25, 0.3) is 0 Å². The number of rotatable bonds is 3. The highest BCUT2D eigenvalue weighted by molar-refractivity contribution is 8.01. The van der Waals surface area contributed by atoms with E-state index in [0.717, 1.165) is 20.1 Å². The van der Waals surface area contributed by atoms with Crippen molar-refractivity contribution in [3.8, 4) is 0 Å². The largest absolute Gasteiger partial charge is 0.325 e. The fourth-order valence-corrected chi connectivity index (χ4v) is 2.81. The van der Waals surface area contributed by atoms with Crippen LogP contribution >= 0.6 is 23.1 Å².